The number of nitrogens with two attached hydrogens (primary N) is 1. The van der Waals surface area contributed by atoms with Crippen LogP contribution in [0.4, 0.5) is 5.69 Å². The Morgan fingerprint density at radius 2 is 2.23 bits per heavy atom. The van der Waals surface area contributed by atoms with Crippen LogP contribution in [-0.4, -0.2) is 15.7 Å². The van der Waals surface area contributed by atoms with Crippen LogP contribution in [0.5, 0.6) is 5.75 Å². The summed E-state index contributed by atoms with van der Waals surface area (Å²) in [6.07, 6.45) is 5.73. The van der Waals surface area contributed by atoms with Gasteiger partial charge in [-0.25, -0.2) is 4.98 Å². The molecule has 1 aliphatic rings. The van der Waals surface area contributed by atoms with Gasteiger partial charge in [-0.2, -0.15) is 5.26 Å². The van der Waals surface area contributed by atoms with Crippen LogP contribution in [0.3, 0.4) is 0 Å². The number of rotatable bonds is 4. The van der Waals surface area contributed by atoms with Crippen LogP contribution >= 0.6 is 0 Å². The number of nitrogen functional groups attached to an aromatic ring is 1. The number of benzene rings is 1. The Morgan fingerprint density at radius 3 is 3.00 bits per heavy atom. The fourth-order valence-electron chi connectivity index (χ4n) is 3.07. The molecule has 3 N–H and O–H groups in total. The number of hydrogen-bond acceptors (Lipinski definition) is 7. The summed E-state index contributed by atoms with van der Waals surface area (Å²) in [7, 11) is 0. The molecule has 0 saturated heterocycles. The molecule has 1 aliphatic carbocycles. The zero-order valence-electron chi connectivity index (χ0n) is 13.8. The van der Waals surface area contributed by atoms with Gasteiger partial charge in [0.2, 0.25) is 0 Å². The van der Waals surface area contributed by atoms with Crippen LogP contribution in [0, 0.1) is 16.7 Å². The largest absolute Gasteiger partial charge is 0.484 e. The minimum absolute atomic E-state index is 0.147. The van der Waals surface area contributed by atoms with Crippen molar-refractivity contribution in [1.82, 2.24) is 9.97 Å². The van der Waals surface area contributed by atoms with Crippen LogP contribution in [0.1, 0.15) is 40.7 Å². The van der Waals surface area contributed by atoms with Crippen molar-refractivity contribution in [3.05, 3.63) is 71.2 Å². The molecule has 7 heteroatoms. The van der Waals surface area contributed by atoms with E-state index in [1.54, 1.807) is 24.4 Å². The van der Waals surface area contributed by atoms with E-state index in [0.717, 1.165) is 24.1 Å². The Balaban J connectivity index is 1.60. The maximum absolute atomic E-state index is 8.99. The number of nitriles is 1. The van der Waals surface area contributed by atoms with Crippen molar-refractivity contribution in [3.63, 3.8) is 0 Å². The summed E-state index contributed by atoms with van der Waals surface area (Å²) in [5.41, 5.74) is 9.59. The Morgan fingerprint density at radius 1 is 1.35 bits per heavy atom. The molecule has 2 aromatic heterocycles. The zero-order chi connectivity index (χ0) is 18.1. The number of fused-ring (bicyclic) bond motifs is 1. The van der Waals surface area contributed by atoms with Gasteiger partial charge >= 0.3 is 0 Å². The van der Waals surface area contributed by atoms with Crippen LogP contribution < -0.4 is 10.5 Å². The molecule has 0 amide bonds. The van der Waals surface area contributed by atoms with Crippen molar-refractivity contribution in [3.8, 4) is 11.8 Å². The second kappa shape index (κ2) is 6.33. The average molecular weight is 345 g/mol. The molecule has 128 valence electrons. The lowest BCUT2D eigenvalue weighted by molar-refractivity contribution is 0.203. The van der Waals surface area contributed by atoms with Gasteiger partial charge in [0.25, 0.3) is 0 Å². The van der Waals surface area contributed by atoms with Gasteiger partial charge in [0.1, 0.15) is 23.6 Å². The first-order valence-electron chi connectivity index (χ1n) is 8.08. The first-order chi connectivity index (χ1) is 12.7. The molecule has 3 aromatic rings. The number of hydrogen-bond donors (Lipinski definition) is 2. The summed E-state index contributed by atoms with van der Waals surface area (Å²) in [6, 6.07) is 9.17. The smallest absolute Gasteiger partial charge is 0.181 e. The van der Waals surface area contributed by atoms with E-state index in [-0.39, 0.29) is 11.8 Å². The lowest BCUT2D eigenvalue weighted by Crippen LogP contribution is -2.08. The van der Waals surface area contributed by atoms with E-state index in [9.17, 15) is 0 Å². The minimum Gasteiger partial charge on any atom is -0.484 e. The third-order valence-corrected chi connectivity index (χ3v) is 4.36. The third kappa shape index (κ3) is 2.78. The fourth-order valence-corrected chi connectivity index (χ4v) is 3.07. The van der Waals surface area contributed by atoms with Crippen molar-refractivity contribution in [2.24, 2.45) is 0 Å². The molecule has 0 spiro atoms. The highest BCUT2D eigenvalue weighted by Gasteiger charge is 2.26. The summed E-state index contributed by atoms with van der Waals surface area (Å²) >= 11 is 0. The van der Waals surface area contributed by atoms with Crippen LogP contribution in [0.15, 0.2) is 47.5 Å². The molecule has 4 rings (SSSR count). The monoisotopic (exact) mass is 345 g/mol. The molecule has 0 fully saturated rings. The molecule has 26 heavy (non-hydrogen) atoms. The second-order valence-corrected chi connectivity index (χ2v) is 6.02. The van der Waals surface area contributed by atoms with Crippen LogP contribution in [0.25, 0.3) is 0 Å². The lowest BCUT2D eigenvalue weighted by Gasteiger charge is -2.16. The summed E-state index contributed by atoms with van der Waals surface area (Å²) in [5, 5.41) is 17.3. The summed E-state index contributed by atoms with van der Waals surface area (Å²) < 4.78 is 11.3. The topological polar surface area (TPSA) is 122 Å². The van der Waals surface area contributed by atoms with Gasteiger partial charge in [0.05, 0.1) is 17.5 Å². The van der Waals surface area contributed by atoms with Crippen molar-refractivity contribution >= 4 is 11.4 Å². The fraction of sp³-hybridized carbons (Fsp3) is 0.158. The highest BCUT2D eigenvalue weighted by atomic mass is 16.5. The summed E-state index contributed by atoms with van der Waals surface area (Å²) in [5.74, 6) is 0.938. The van der Waals surface area contributed by atoms with E-state index in [4.69, 9.17) is 25.6 Å². The van der Waals surface area contributed by atoms with Gasteiger partial charge in [0.15, 0.2) is 12.2 Å². The molecule has 0 unspecified atom stereocenters. The van der Waals surface area contributed by atoms with Gasteiger partial charge in [0, 0.05) is 17.4 Å². The van der Waals surface area contributed by atoms with E-state index in [2.05, 4.69) is 16.0 Å². The number of aryl methyl sites for hydroxylation is 1. The predicted octanol–water partition coefficient (Wildman–Crippen LogP) is 3.01. The molecule has 1 aromatic carbocycles. The Hall–Kier alpha value is -3.66. The Labute approximate surface area is 149 Å². The number of ether oxygens (including phenoxy) is 1. The van der Waals surface area contributed by atoms with Crippen LogP contribution in [-0.2, 0) is 6.42 Å². The minimum atomic E-state index is -0.186. The highest BCUT2D eigenvalue weighted by molar-refractivity contribution is 6.12. The van der Waals surface area contributed by atoms with Crippen molar-refractivity contribution in [1.29, 1.82) is 10.7 Å². The van der Waals surface area contributed by atoms with Gasteiger partial charge in [-0.1, -0.05) is 0 Å². The highest BCUT2D eigenvalue weighted by Crippen LogP contribution is 2.35. The Bertz CT molecular complexity index is 1020. The van der Waals surface area contributed by atoms with E-state index in [0.29, 0.717) is 28.3 Å². The number of pyridine rings is 1. The molecular formula is C19H15N5O2. The molecule has 2 heterocycles. The van der Waals surface area contributed by atoms with E-state index in [1.165, 1.54) is 12.6 Å². The lowest BCUT2D eigenvalue weighted by atomic mass is 10.1. The SMILES string of the molecule is N#Cc1cnc2c(c1)CC[C@@H]2Oc1ccc(N)c(C(=N)c2cnco2)c1. The van der Waals surface area contributed by atoms with Gasteiger partial charge < -0.3 is 14.9 Å². The number of nitrogens with zero attached hydrogens (tertiary/aromatic N) is 3. The molecule has 0 aliphatic heterocycles. The molecule has 0 bridgehead atoms. The van der Waals surface area contributed by atoms with Gasteiger partial charge in [-0.05, 0) is 42.7 Å². The number of nitrogens with one attached hydrogen (secondary N) is 1. The maximum atomic E-state index is 8.99. The van der Waals surface area contributed by atoms with Crippen molar-refractivity contribution < 1.29 is 9.15 Å². The van der Waals surface area contributed by atoms with Crippen LogP contribution in [0.2, 0.25) is 0 Å². The molecule has 1 atom stereocenters. The summed E-state index contributed by atoms with van der Waals surface area (Å²) in [6.45, 7) is 0. The normalized spacial score (nSPS) is 15.3. The quantitative estimate of drug-likeness (QED) is 0.553. The van der Waals surface area contributed by atoms with Gasteiger partial charge in [-0.3, -0.25) is 10.4 Å². The first-order valence-corrected chi connectivity index (χ1v) is 8.08. The Kier molecular flexibility index (Phi) is 3.86. The maximum Gasteiger partial charge on any atom is 0.181 e. The molecule has 7 nitrogen and oxygen atoms in total. The van der Waals surface area contributed by atoms with E-state index >= 15 is 0 Å². The van der Waals surface area contributed by atoms with Gasteiger partial charge in [-0.15, -0.1) is 0 Å². The zero-order valence-corrected chi connectivity index (χ0v) is 13.8. The van der Waals surface area contributed by atoms with E-state index in [1.807, 2.05) is 6.07 Å². The molecule has 0 radical (unpaired) electrons. The van der Waals surface area contributed by atoms with Crippen molar-refractivity contribution in [2.75, 3.05) is 5.73 Å². The van der Waals surface area contributed by atoms with Crippen molar-refractivity contribution in [2.45, 2.75) is 18.9 Å². The number of oxazole rings is 1. The van der Waals surface area contributed by atoms with E-state index < -0.39 is 0 Å². The summed E-state index contributed by atoms with van der Waals surface area (Å²) in [4.78, 5) is 8.22. The first kappa shape index (κ1) is 15.8. The third-order valence-electron chi connectivity index (χ3n) is 4.36. The predicted molar refractivity (Wildman–Crippen MR) is 93.9 cm³/mol. The molecular weight excluding hydrogens is 330 g/mol. The average Bonchev–Trinajstić information content (AvgIpc) is 3.32. The molecule has 0 saturated carbocycles. The number of anilines is 1. The second-order valence-electron chi connectivity index (χ2n) is 6.02. The standard InChI is InChI=1S/C19H15N5O2/c20-7-11-5-12-1-4-16(19(12)24-8-11)26-13-2-3-15(21)14(6-13)18(22)17-9-23-10-25-17/h2-3,5-6,8-10,16,22H,1,4,21H2/t16-/m0/s1. The number of aromatic nitrogens is 2.